The number of likely N-dealkylation sites (N-methyl/N-ethyl adjacent to an activating group) is 1. The molecule has 0 bridgehead atoms. The molecule has 172 valence electrons. The Labute approximate surface area is 201 Å². The predicted molar refractivity (Wildman–Crippen MR) is 132 cm³/mol. The van der Waals surface area contributed by atoms with Crippen molar-refractivity contribution in [1.29, 1.82) is 0 Å². The maximum absolute atomic E-state index is 13.1. The van der Waals surface area contributed by atoms with Crippen LogP contribution >= 0.6 is 11.6 Å². The first-order valence-electron chi connectivity index (χ1n) is 11.1. The third-order valence-electron chi connectivity index (χ3n) is 5.90. The topological polar surface area (TPSA) is 91.6 Å². The number of carbonyl (C=O) groups is 2. The molecular weight excluding hydrogens is 452 g/mol. The quantitative estimate of drug-likeness (QED) is 0.422. The average Bonchev–Trinajstić information content (AvgIpc) is 3.44. The SMILES string of the molecule is CCN1CC(c2cc(Nc3ccccc3)n3ncc(C(=O)Nc4ccc(Cl)cc4)c3n2)CC1=O. The molecule has 4 aromatic rings. The first-order chi connectivity index (χ1) is 16.5. The van der Waals surface area contributed by atoms with Gasteiger partial charge in [-0.3, -0.25) is 9.59 Å². The van der Waals surface area contributed by atoms with Gasteiger partial charge in [0.25, 0.3) is 5.91 Å². The van der Waals surface area contributed by atoms with Crippen molar-refractivity contribution in [3.8, 4) is 0 Å². The second-order valence-electron chi connectivity index (χ2n) is 8.15. The normalized spacial score (nSPS) is 15.6. The number of fused-ring (bicyclic) bond motifs is 1. The van der Waals surface area contributed by atoms with Crippen molar-refractivity contribution in [2.45, 2.75) is 19.3 Å². The largest absolute Gasteiger partial charge is 0.342 e. The Kier molecular flexibility index (Phi) is 5.90. The zero-order valence-corrected chi connectivity index (χ0v) is 19.3. The van der Waals surface area contributed by atoms with Crippen LogP contribution in [0.5, 0.6) is 0 Å². The lowest BCUT2D eigenvalue weighted by Crippen LogP contribution is -2.24. The van der Waals surface area contributed by atoms with E-state index in [0.29, 0.717) is 47.2 Å². The number of nitrogens with one attached hydrogen (secondary N) is 2. The summed E-state index contributed by atoms with van der Waals surface area (Å²) in [6.07, 6.45) is 1.90. The van der Waals surface area contributed by atoms with Crippen molar-refractivity contribution >= 4 is 46.3 Å². The number of aromatic nitrogens is 3. The summed E-state index contributed by atoms with van der Waals surface area (Å²) in [4.78, 5) is 32.1. The minimum atomic E-state index is -0.328. The van der Waals surface area contributed by atoms with Crippen LogP contribution in [0.15, 0.2) is 66.9 Å². The average molecular weight is 475 g/mol. The van der Waals surface area contributed by atoms with E-state index in [1.165, 1.54) is 6.20 Å². The summed E-state index contributed by atoms with van der Waals surface area (Å²) in [5.74, 6) is 0.390. The first kappa shape index (κ1) is 21.9. The van der Waals surface area contributed by atoms with E-state index in [1.54, 1.807) is 28.8 Å². The molecule has 0 saturated carbocycles. The summed E-state index contributed by atoms with van der Waals surface area (Å²) in [5.41, 5.74) is 3.00. The third-order valence-corrected chi connectivity index (χ3v) is 6.15. The van der Waals surface area contributed by atoms with E-state index in [-0.39, 0.29) is 17.7 Å². The van der Waals surface area contributed by atoms with E-state index in [2.05, 4.69) is 15.7 Å². The van der Waals surface area contributed by atoms with Gasteiger partial charge >= 0.3 is 0 Å². The van der Waals surface area contributed by atoms with Crippen LogP contribution < -0.4 is 10.6 Å². The highest BCUT2D eigenvalue weighted by Crippen LogP contribution is 2.30. The molecule has 0 spiro atoms. The van der Waals surface area contributed by atoms with E-state index < -0.39 is 0 Å². The minimum absolute atomic E-state index is 0.0594. The van der Waals surface area contributed by atoms with Crippen molar-refractivity contribution in [1.82, 2.24) is 19.5 Å². The molecule has 34 heavy (non-hydrogen) atoms. The Bertz CT molecular complexity index is 1350. The second kappa shape index (κ2) is 9.15. The molecule has 1 aliphatic rings. The number of carbonyl (C=O) groups excluding carboxylic acids is 2. The van der Waals surface area contributed by atoms with E-state index in [1.807, 2.05) is 48.2 Å². The van der Waals surface area contributed by atoms with Crippen LogP contribution in [-0.4, -0.2) is 44.4 Å². The van der Waals surface area contributed by atoms with Gasteiger partial charge in [0, 0.05) is 47.9 Å². The third kappa shape index (κ3) is 4.32. The second-order valence-corrected chi connectivity index (χ2v) is 8.58. The van der Waals surface area contributed by atoms with Gasteiger partial charge in [0.15, 0.2) is 5.65 Å². The zero-order chi connectivity index (χ0) is 23.7. The van der Waals surface area contributed by atoms with Gasteiger partial charge in [0.1, 0.15) is 11.4 Å². The van der Waals surface area contributed by atoms with Crippen LogP contribution in [0.2, 0.25) is 5.02 Å². The molecular formula is C25H23ClN6O2. The number of hydrogen-bond acceptors (Lipinski definition) is 5. The zero-order valence-electron chi connectivity index (χ0n) is 18.5. The summed E-state index contributed by atoms with van der Waals surface area (Å²) in [6, 6.07) is 18.5. The monoisotopic (exact) mass is 474 g/mol. The van der Waals surface area contributed by atoms with Crippen molar-refractivity contribution < 1.29 is 9.59 Å². The molecule has 5 rings (SSSR count). The molecule has 8 nitrogen and oxygen atoms in total. The molecule has 1 atom stereocenters. The van der Waals surface area contributed by atoms with Crippen molar-refractivity contribution in [2.24, 2.45) is 0 Å². The van der Waals surface area contributed by atoms with Gasteiger partial charge in [-0.15, -0.1) is 0 Å². The summed E-state index contributed by atoms with van der Waals surface area (Å²) >= 11 is 5.95. The van der Waals surface area contributed by atoms with Crippen LogP contribution in [0.1, 0.15) is 35.3 Å². The molecule has 9 heteroatoms. The number of para-hydroxylation sites is 1. The molecule has 1 aliphatic heterocycles. The van der Waals surface area contributed by atoms with Crippen LogP contribution in [0.3, 0.4) is 0 Å². The van der Waals surface area contributed by atoms with Gasteiger partial charge in [0.05, 0.1) is 11.9 Å². The summed E-state index contributed by atoms with van der Waals surface area (Å²) < 4.78 is 1.61. The maximum atomic E-state index is 13.1. The van der Waals surface area contributed by atoms with Crippen LogP contribution in [0.25, 0.3) is 5.65 Å². The van der Waals surface area contributed by atoms with Gasteiger partial charge in [0.2, 0.25) is 5.91 Å². The highest BCUT2D eigenvalue weighted by molar-refractivity contribution is 6.30. The number of rotatable bonds is 6. The number of halogens is 1. The van der Waals surface area contributed by atoms with Gasteiger partial charge < -0.3 is 15.5 Å². The fourth-order valence-corrected chi connectivity index (χ4v) is 4.24. The maximum Gasteiger partial charge on any atom is 0.261 e. The Hall–Kier alpha value is -3.91. The summed E-state index contributed by atoms with van der Waals surface area (Å²) in [7, 11) is 0. The van der Waals surface area contributed by atoms with Crippen LogP contribution in [0.4, 0.5) is 17.2 Å². The number of hydrogen-bond donors (Lipinski definition) is 2. The molecule has 2 aromatic heterocycles. The van der Waals surface area contributed by atoms with Gasteiger partial charge in [-0.2, -0.15) is 9.61 Å². The predicted octanol–water partition coefficient (Wildman–Crippen LogP) is 4.71. The van der Waals surface area contributed by atoms with Crippen molar-refractivity contribution in [3.05, 3.63) is 83.1 Å². The van der Waals surface area contributed by atoms with Crippen LogP contribution in [-0.2, 0) is 4.79 Å². The molecule has 1 saturated heterocycles. The molecule has 2 N–H and O–H groups in total. The number of nitrogens with zero attached hydrogens (tertiary/aromatic N) is 4. The van der Waals surface area contributed by atoms with E-state index in [4.69, 9.17) is 16.6 Å². The first-order valence-corrected chi connectivity index (χ1v) is 11.4. The summed E-state index contributed by atoms with van der Waals surface area (Å²) in [5, 5.41) is 11.3. The van der Waals surface area contributed by atoms with E-state index in [0.717, 1.165) is 11.4 Å². The Morgan fingerprint density at radius 3 is 2.59 bits per heavy atom. The molecule has 1 fully saturated rings. The smallest absolute Gasteiger partial charge is 0.261 e. The Morgan fingerprint density at radius 2 is 1.88 bits per heavy atom. The Morgan fingerprint density at radius 1 is 1.12 bits per heavy atom. The van der Waals surface area contributed by atoms with Crippen LogP contribution in [0, 0.1) is 0 Å². The van der Waals surface area contributed by atoms with E-state index >= 15 is 0 Å². The number of benzene rings is 2. The molecule has 0 aliphatic carbocycles. The Balaban J connectivity index is 1.55. The number of amides is 2. The highest BCUT2D eigenvalue weighted by Gasteiger charge is 2.31. The molecule has 2 aromatic carbocycles. The van der Waals surface area contributed by atoms with Gasteiger partial charge in [-0.1, -0.05) is 29.8 Å². The summed E-state index contributed by atoms with van der Waals surface area (Å²) in [6.45, 7) is 3.23. The lowest BCUT2D eigenvalue weighted by Gasteiger charge is -2.15. The number of anilines is 3. The minimum Gasteiger partial charge on any atom is -0.342 e. The fraction of sp³-hybridized carbons (Fsp3) is 0.200. The lowest BCUT2D eigenvalue weighted by molar-refractivity contribution is -0.127. The molecule has 1 unspecified atom stereocenters. The fourth-order valence-electron chi connectivity index (χ4n) is 4.12. The van der Waals surface area contributed by atoms with Gasteiger partial charge in [-0.05, 0) is 43.3 Å². The lowest BCUT2D eigenvalue weighted by atomic mass is 10.0. The van der Waals surface area contributed by atoms with Gasteiger partial charge in [-0.25, -0.2) is 4.98 Å². The molecule has 3 heterocycles. The van der Waals surface area contributed by atoms with E-state index in [9.17, 15) is 9.59 Å². The van der Waals surface area contributed by atoms with Crippen molar-refractivity contribution in [2.75, 3.05) is 23.7 Å². The molecule has 2 amide bonds. The van der Waals surface area contributed by atoms with Crippen molar-refractivity contribution in [3.63, 3.8) is 0 Å². The number of likely N-dealkylation sites (tertiary alicyclic amines) is 1. The molecule has 0 radical (unpaired) electrons. The highest BCUT2D eigenvalue weighted by atomic mass is 35.5. The standard InChI is InChI=1S/C25H23ClN6O2/c1-2-31-15-16(12-23(31)33)21-13-22(28-18-6-4-3-5-7-18)32-24(30-21)20(14-27-32)25(34)29-19-10-8-17(26)9-11-19/h3-11,13-14,16,28H,2,12,15H2,1H3,(H,29,34).